The third-order valence-corrected chi connectivity index (χ3v) is 4.23. The van der Waals surface area contributed by atoms with Crippen LogP contribution in [0.3, 0.4) is 0 Å². The quantitative estimate of drug-likeness (QED) is 0.857. The minimum Gasteiger partial charge on any atom is -0.375 e. The molecular formula is C17H18F3N3O3. The third kappa shape index (κ3) is 4.61. The first-order valence-corrected chi connectivity index (χ1v) is 8.12. The molecule has 1 aromatic heterocycles. The molecule has 0 amide bonds. The number of hydrogen-bond acceptors (Lipinski definition) is 4. The molecule has 9 heteroatoms. The van der Waals surface area contributed by atoms with Crippen molar-refractivity contribution in [1.82, 2.24) is 14.9 Å². The van der Waals surface area contributed by atoms with E-state index in [4.69, 9.17) is 4.74 Å². The lowest BCUT2D eigenvalue weighted by molar-refractivity contribution is -0.137. The Hall–Kier alpha value is -2.39. The topological polar surface area (TPSA) is 78.2 Å². The van der Waals surface area contributed by atoms with Gasteiger partial charge in [-0.1, -0.05) is 18.2 Å². The van der Waals surface area contributed by atoms with Gasteiger partial charge in [0.1, 0.15) is 0 Å². The molecule has 1 aromatic carbocycles. The van der Waals surface area contributed by atoms with Crippen molar-refractivity contribution in [3.05, 3.63) is 68.0 Å². The van der Waals surface area contributed by atoms with Gasteiger partial charge in [-0.3, -0.25) is 14.7 Å². The zero-order valence-corrected chi connectivity index (χ0v) is 13.8. The van der Waals surface area contributed by atoms with Crippen molar-refractivity contribution >= 4 is 0 Å². The van der Waals surface area contributed by atoms with Gasteiger partial charge in [0, 0.05) is 31.4 Å². The number of rotatable bonds is 4. The molecule has 1 aliphatic rings. The van der Waals surface area contributed by atoms with E-state index in [2.05, 4.69) is 9.97 Å². The lowest BCUT2D eigenvalue weighted by Gasteiger charge is -2.32. The first kappa shape index (κ1) is 18.4. The van der Waals surface area contributed by atoms with Crippen LogP contribution in [0.15, 0.2) is 40.1 Å². The van der Waals surface area contributed by atoms with Gasteiger partial charge in [-0.25, -0.2) is 4.79 Å². The molecule has 2 aromatic rings. The highest BCUT2D eigenvalue weighted by Gasteiger charge is 2.30. The SMILES string of the molecule is O=c1[nH]cc(CN2CCO[C@H](Cc3cccc(C(F)(F)F)c3)C2)c(=O)[nH]1. The number of ether oxygens (including phenoxy) is 1. The first-order chi connectivity index (χ1) is 12.3. The van der Waals surface area contributed by atoms with E-state index in [1.54, 1.807) is 6.07 Å². The normalized spacial score (nSPS) is 18.8. The highest BCUT2D eigenvalue weighted by molar-refractivity contribution is 5.26. The van der Waals surface area contributed by atoms with E-state index in [-0.39, 0.29) is 6.10 Å². The Morgan fingerprint density at radius 1 is 1.27 bits per heavy atom. The number of nitrogens with one attached hydrogen (secondary N) is 2. The van der Waals surface area contributed by atoms with Crippen LogP contribution in [0.25, 0.3) is 0 Å². The summed E-state index contributed by atoms with van der Waals surface area (Å²) in [4.78, 5) is 29.4. The standard InChI is InChI=1S/C17H18F3N3O3/c18-17(19,20)13-3-1-2-11(6-13)7-14-10-23(4-5-26-14)9-12-8-21-16(25)22-15(12)24/h1-3,6,8,14H,4-5,7,9-10H2,(H2,21,22,24,25)/t14-/m1/s1. The summed E-state index contributed by atoms with van der Waals surface area (Å²) in [6.45, 7) is 1.83. The molecule has 1 saturated heterocycles. The van der Waals surface area contributed by atoms with Gasteiger partial charge in [0.25, 0.3) is 5.56 Å². The number of aromatic amines is 2. The molecule has 2 heterocycles. The zero-order chi connectivity index (χ0) is 18.7. The molecule has 0 spiro atoms. The second kappa shape index (κ2) is 7.46. The molecule has 1 aliphatic heterocycles. The van der Waals surface area contributed by atoms with Crippen LogP contribution in [-0.4, -0.2) is 40.7 Å². The smallest absolute Gasteiger partial charge is 0.375 e. The van der Waals surface area contributed by atoms with Crippen molar-refractivity contribution in [1.29, 1.82) is 0 Å². The summed E-state index contributed by atoms with van der Waals surface area (Å²) in [7, 11) is 0. The fourth-order valence-corrected chi connectivity index (χ4v) is 2.98. The summed E-state index contributed by atoms with van der Waals surface area (Å²) in [6.07, 6.45) is -2.92. The van der Waals surface area contributed by atoms with Crippen LogP contribution < -0.4 is 11.2 Å². The summed E-state index contributed by atoms with van der Waals surface area (Å²) < 4.78 is 44.1. The van der Waals surface area contributed by atoms with E-state index in [1.807, 2.05) is 4.90 Å². The molecule has 0 saturated carbocycles. The Morgan fingerprint density at radius 2 is 2.08 bits per heavy atom. The van der Waals surface area contributed by atoms with Gasteiger partial charge in [-0.2, -0.15) is 13.2 Å². The maximum atomic E-state index is 12.8. The Morgan fingerprint density at radius 3 is 2.81 bits per heavy atom. The third-order valence-electron chi connectivity index (χ3n) is 4.23. The predicted molar refractivity (Wildman–Crippen MR) is 87.8 cm³/mol. The summed E-state index contributed by atoms with van der Waals surface area (Å²) in [6, 6.07) is 5.21. The second-order valence-corrected chi connectivity index (χ2v) is 6.23. The molecule has 140 valence electrons. The molecule has 1 fully saturated rings. The number of nitrogens with zero attached hydrogens (tertiary/aromatic N) is 1. The van der Waals surface area contributed by atoms with Gasteiger partial charge in [-0.05, 0) is 18.1 Å². The molecule has 0 unspecified atom stereocenters. The lowest BCUT2D eigenvalue weighted by atomic mass is 10.0. The van der Waals surface area contributed by atoms with Crippen LogP contribution >= 0.6 is 0 Å². The fraction of sp³-hybridized carbons (Fsp3) is 0.412. The number of alkyl halides is 3. The van der Waals surface area contributed by atoms with Crippen LogP contribution in [0.2, 0.25) is 0 Å². The number of H-pyrrole nitrogens is 2. The monoisotopic (exact) mass is 369 g/mol. The number of hydrogen-bond donors (Lipinski definition) is 2. The molecule has 1 atom stereocenters. The molecule has 0 bridgehead atoms. The molecule has 3 rings (SSSR count). The number of morpholine rings is 1. The fourth-order valence-electron chi connectivity index (χ4n) is 2.98. The summed E-state index contributed by atoms with van der Waals surface area (Å²) >= 11 is 0. The van der Waals surface area contributed by atoms with E-state index < -0.39 is 23.0 Å². The van der Waals surface area contributed by atoms with Gasteiger partial charge < -0.3 is 9.72 Å². The summed E-state index contributed by atoms with van der Waals surface area (Å²) in [5.41, 5.74) is -0.724. The average Bonchev–Trinajstić information content (AvgIpc) is 2.57. The Kier molecular flexibility index (Phi) is 5.28. The Labute approximate surface area is 146 Å². The highest BCUT2D eigenvalue weighted by atomic mass is 19.4. The molecule has 6 nitrogen and oxygen atoms in total. The van der Waals surface area contributed by atoms with Gasteiger partial charge in [0.2, 0.25) is 0 Å². The van der Waals surface area contributed by atoms with E-state index in [0.29, 0.717) is 43.8 Å². The van der Waals surface area contributed by atoms with E-state index in [0.717, 1.165) is 12.1 Å². The van der Waals surface area contributed by atoms with Crippen molar-refractivity contribution in [2.75, 3.05) is 19.7 Å². The van der Waals surface area contributed by atoms with Gasteiger partial charge >= 0.3 is 11.9 Å². The average molecular weight is 369 g/mol. The highest BCUT2D eigenvalue weighted by Crippen LogP contribution is 2.30. The maximum Gasteiger partial charge on any atom is 0.416 e. The second-order valence-electron chi connectivity index (χ2n) is 6.23. The molecule has 2 N–H and O–H groups in total. The van der Waals surface area contributed by atoms with Crippen LogP contribution in [0.1, 0.15) is 16.7 Å². The minimum atomic E-state index is -4.37. The Balaban J connectivity index is 1.65. The number of benzene rings is 1. The molecule has 0 radical (unpaired) electrons. The van der Waals surface area contributed by atoms with Crippen molar-refractivity contribution in [3.8, 4) is 0 Å². The van der Waals surface area contributed by atoms with Crippen molar-refractivity contribution < 1.29 is 17.9 Å². The maximum absolute atomic E-state index is 12.8. The lowest BCUT2D eigenvalue weighted by Crippen LogP contribution is -2.44. The van der Waals surface area contributed by atoms with E-state index in [1.165, 1.54) is 12.3 Å². The van der Waals surface area contributed by atoms with Crippen molar-refractivity contribution in [3.63, 3.8) is 0 Å². The predicted octanol–water partition coefficient (Wildman–Crippen LogP) is 1.53. The molecule has 0 aliphatic carbocycles. The van der Waals surface area contributed by atoms with E-state index >= 15 is 0 Å². The number of halogens is 3. The van der Waals surface area contributed by atoms with Crippen molar-refractivity contribution in [2.45, 2.75) is 25.2 Å². The summed E-state index contributed by atoms with van der Waals surface area (Å²) in [5, 5.41) is 0. The van der Waals surface area contributed by atoms with Crippen LogP contribution in [0.4, 0.5) is 13.2 Å². The van der Waals surface area contributed by atoms with Crippen LogP contribution in [0, 0.1) is 0 Å². The minimum absolute atomic E-state index is 0.269. The van der Waals surface area contributed by atoms with E-state index in [9.17, 15) is 22.8 Å². The van der Waals surface area contributed by atoms with Gasteiger partial charge in [0.15, 0.2) is 0 Å². The first-order valence-electron chi connectivity index (χ1n) is 8.12. The summed E-state index contributed by atoms with van der Waals surface area (Å²) in [5.74, 6) is 0. The number of aromatic nitrogens is 2. The molecule has 26 heavy (non-hydrogen) atoms. The zero-order valence-electron chi connectivity index (χ0n) is 13.8. The van der Waals surface area contributed by atoms with Gasteiger partial charge in [0.05, 0.1) is 18.3 Å². The van der Waals surface area contributed by atoms with Gasteiger partial charge in [-0.15, -0.1) is 0 Å². The molecular weight excluding hydrogens is 351 g/mol. The van der Waals surface area contributed by atoms with Crippen LogP contribution in [0.5, 0.6) is 0 Å². The van der Waals surface area contributed by atoms with Crippen LogP contribution in [-0.2, 0) is 23.9 Å². The van der Waals surface area contributed by atoms with Crippen molar-refractivity contribution in [2.24, 2.45) is 0 Å². The Bertz CT molecular complexity index is 876. The largest absolute Gasteiger partial charge is 0.416 e.